The van der Waals surface area contributed by atoms with Crippen LogP contribution in [0.5, 0.6) is 0 Å². The molecule has 1 aromatic rings. The SMILES string of the molecule is CCCCCCC(C)NC(=NC)NCc1nncn1C.I. The fourth-order valence-electron chi connectivity index (χ4n) is 2.01. The van der Waals surface area contributed by atoms with Crippen LogP contribution in [-0.2, 0) is 13.6 Å². The zero-order chi connectivity index (χ0) is 14.8. The van der Waals surface area contributed by atoms with Gasteiger partial charge in [-0.05, 0) is 13.3 Å². The van der Waals surface area contributed by atoms with Gasteiger partial charge in [-0.3, -0.25) is 4.99 Å². The lowest BCUT2D eigenvalue weighted by atomic mass is 10.1. The molecular formula is C14H29IN6. The highest BCUT2D eigenvalue weighted by Gasteiger charge is 2.06. The highest BCUT2D eigenvalue weighted by atomic mass is 127. The third kappa shape index (κ3) is 8.23. The van der Waals surface area contributed by atoms with Crippen molar-refractivity contribution in [3.63, 3.8) is 0 Å². The molecule has 0 aliphatic rings. The minimum atomic E-state index is 0. The summed E-state index contributed by atoms with van der Waals surface area (Å²) in [6.07, 6.45) is 8.05. The molecule has 21 heavy (non-hydrogen) atoms. The van der Waals surface area contributed by atoms with Crippen molar-refractivity contribution in [3.05, 3.63) is 12.2 Å². The fourth-order valence-corrected chi connectivity index (χ4v) is 2.01. The van der Waals surface area contributed by atoms with E-state index in [4.69, 9.17) is 0 Å². The Morgan fingerprint density at radius 3 is 2.71 bits per heavy atom. The van der Waals surface area contributed by atoms with Crippen molar-refractivity contribution in [3.8, 4) is 0 Å². The molecule has 1 unspecified atom stereocenters. The predicted octanol–water partition coefficient (Wildman–Crippen LogP) is 2.46. The van der Waals surface area contributed by atoms with Gasteiger partial charge < -0.3 is 15.2 Å². The number of halogens is 1. The van der Waals surface area contributed by atoms with Gasteiger partial charge in [0.15, 0.2) is 11.8 Å². The first-order valence-electron chi connectivity index (χ1n) is 7.47. The van der Waals surface area contributed by atoms with Gasteiger partial charge in [0.1, 0.15) is 6.33 Å². The minimum absolute atomic E-state index is 0. The fraction of sp³-hybridized carbons (Fsp3) is 0.786. The highest BCUT2D eigenvalue weighted by molar-refractivity contribution is 14.0. The maximum atomic E-state index is 4.24. The van der Waals surface area contributed by atoms with E-state index in [1.54, 1.807) is 13.4 Å². The average molecular weight is 408 g/mol. The van der Waals surface area contributed by atoms with Crippen molar-refractivity contribution in [2.24, 2.45) is 12.0 Å². The number of hydrogen-bond donors (Lipinski definition) is 2. The largest absolute Gasteiger partial charge is 0.354 e. The summed E-state index contributed by atoms with van der Waals surface area (Å²) in [6, 6.07) is 0.428. The first-order chi connectivity index (χ1) is 9.67. The van der Waals surface area contributed by atoms with Crippen molar-refractivity contribution in [2.75, 3.05) is 7.05 Å². The molecule has 0 amide bonds. The topological polar surface area (TPSA) is 67.1 Å². The van der Waals surface area contributed by atoms with Gasteiger partial charge in [-0.1, -0.05) is 32.6 Å². The van der Waals surface area contributed by atoms with E-state index < -0.39 is 0 Å². The first-order valence-corrected chi connectivity index (χ1v) is 7.47. The molecule has 0 radical (unpaired) electrons. The molecule has 0 bridgehead atoms. The molecule has 7 heteroatoms. The summed E-state index contributed by atoms with van der Waals surface area (Å²) < 4.78 is 1.90. The van der Waals surface area contributed by atoms with Crippen LogP contribution in [0.3, 0.4) is 0 Å². The van der Waals surface area contributed by atoms with Crippen molar-refractivity contribution >= 4 is 29.9 Å². The van der Waals surface area contributed by atoms with Crippen LogP contribution in [0.25, 0.3) is 0 Å². The van der Waals surface area contributed by atoms with Crippen LogP contribution in [0, 0.1) is 0 Å². The van der Waals surface area contributed by atoms with E-state index in [9.17, 15) is 0 Å². The van der Waals surface area contributed by atoms with Gasteiger partial charge in [0.05, 0.1) is 6.54 Å². The Labute approximate surface area is 145 Å². The van der Waals surface area contributed by atoms with E-state index in [1.807, 2.05) is 11.6 Å². The average Bonchev–Trinajstić information content (AvgIpc) is 2.85. The summed E-state index contributed by atoms with van der Waals surface area (Å²) in [4.78, 5) is 4.24. The normalized spacial score (nSPS) is 12.7. The predicted molar refractivity (Wildman–Crippen MR) is 98.0 cm³/mol. The number of rotatable bonds is 8. The number of nitrogens with one attached hydrogen (secondary N) is 2. The first kappa shape index (κ1) is 20.1. The van der Waals surface area contributed by atoms with Crippen LogP contribution in [0.2, 0.25) is 0 Å². The lowest BCUT2D eigenvalue weighted by Gasteiger charge is -2.17. The maximum absolute atomic E-state index is 4.24. The Bertz CT molecular complexity index is 404. The van der Waals surface area contributed by atoms with Gasteiger partial charge in [-0.15, -0.1) is 34.2 Å². The molecule has 2 N–H and O–H groups in total. The lowest BCUT2D eigenvalue weighted by molar-refractivity contribution is 0.536. The molecule has 0 aliphatic heterocycles. The number of aryl methyl sites for hydroxylation is 1. The van der Waals surface area contributed by atoms with E-state index in [-0.39, 0.29) is 24.0 Å². The van der Waals surface area contributed by atoms with Crippen molar-refractivity contribution in [1.29, 1.82) is 0 Å². The van der Waals surface area contributed by atoms with Gasteiger partial charge in [0, 0.05) is 20.1 Å². The monoisotopic (exact) mass is 408 g/mol. The Morgan fingerprint density at radius 2 is 2.14 bits per heavy atom. The van der Waals surface area contributed by atoms with Gasteiger partial charge in [0.2, 0.25) is 0 Å². The maximum Gasteiger partial charge on any atom is 0.191 e. The summed E-state index contributed by atoms with van der Waals surface area (Å²) in [5.41, 5.74) is 0. The number of aromatic nitrogens is 3. The summed E-state index contributed by atoms with van der Waals surface area (Å²) >= 11 is 0. The number of guanidine groups is 1. The second kappa shape index (κ2) is 11.8. The van der Waals surface area contributed by atoms with Crippen LogP contribution in [0.4, 0.5) is 0 Å². The van der Waals surface area contributed by atoms with Gasteiger partial charge in [-0.25, -0.2) is 0 Å². The smallest absolute Gasteiger partial charge is 0.191 e. The molecular weight excluding hydrogens is 379 g/mol. The Kier molecular flexibility index (Phi) is 11.3. The molecule has 0 aromatic carbocycles. The van der Waals surface area contributed by atoms with E-state index in [0.29, 0.717) is 12.6 Å². The van der Waals surface area contributed by atoms with Crippen molar-refractivity contribution in [2.45, 2.75) is 58.5 Å². The molecule has 0 saturated carbocycles. The summed E-state index contributed by atoms with van der Waals surface area (Å²) in [6.45, 7) is 5.06. The summed E-state index contributed by atoms with van der Waals surface area (Å²) in [5, 5.41) is 14.6. The Morgan fingerprint density at radius 1 is 1.38 bits per heavy atom. The zero-order valence-electron chi connectivity index (χ0n) is 13.6. The van der Waals surface area contributed by atoms with Crippen LogP contribution < -0.4 is 10.6 Å². The number of aliphatic imine (C=N–C) groups is 1. The quantitative estimate of drug-likeness (QED) is 0.300. The number of unbranched alkanes of at least 4 members (excludes halogenated alkanes) is 3. The van der Waals surface area contributed by atoms with Crippen molar-refractivity contribution in [1.82, 2.24) is 25.4 Å². The third-order valence-electron chi connectivity index (χ3n) is 3.32. The van der Waals surface area contributed by atoms with E-state index in [2.05, 4.69) is 39.7 Å². The number of nitrogens with zero attached hydrogens (tertiary/aromatic N) is 4. The molecule has 1 heterocycles. The summed E-state index contributed by atoms with van der Waals surface area (Å²) in [5.74, 6) is 1.71. The molecule has 1 atom stereocenters. The highest BCUT2D eigenvalue weighted by Crippen LogP contribution is 2.05. The van der Waals surface area contributed by atoms with Gasteiger partial charge in [0.25, 0.3) is 0 Å². The van der Waals surface area contributed by atoms with Gasteiger partial charge in [-0.2, -0.15) is 0 Å². The molecule has 0 fully saturated rings. The second-order valence-electron chi connectivity index (χ2n) is 5.18. The standard InChI is InChI=1S/C14H28N6.HI/c1-5-6-7-8-9-12(2)18-14(15-3)16-10-13-19-17-11-20(13)4;/h11-12H,5-10H2,1-4H3,(H2,15,16,18);1H. The van der Waals surface area contributed by atoms with Gasteiger partial charge >= 0.3 is 0 Å². The molecule has 0 spiro atoms. The third-order valence-corrected chi connectivity index (χ3v) is 3.32. The minimum Gasteiger partial charge on any atom is -0.354 e. The molecule has 6 nitrogen and oxygen atoms in total. The number of hydrogen-bond acceptors (Lipinski definition) is 3. The van der Waals surface area contributed by atoms with Crippen molar-refractivity contribution < 1.29 is 0 Å². The van der Waals surface area contributed by atoms with Crippen LogP contribution in [0.15, 0.2) is 11.3 Å². The van der Waals surface area contributed by atoms with Crippen LogP contribution in [0.1, 0.15) is 51.8 Å². The van der Waals surface area contributed by atoms with E-state index >= 15 is 0 Å². The molecule has 0 saturated heterocycles. The summed E-state index contributed by atoms with van der Waals surface area (Å²) in [7, 11) is 3.72. The Hall–Kier alpha value is -0.860. The second-order valence-corrected chi connectivity index (χ2v) is 5.18. The van der Waals surface area contributed by atoms with E-state index in [1.165, 1.54) is 32.1 Å². The molecule has 1 aromatic heterocycles. The molecule has 122 valence electrons. The zero-order valence-corrected chi connectivity index (χ0v) is 15.9. The Balaban J connectivity index is 0.00000400. The van der Waals surface area contributed by atoms with Crippen LogP contribution >= 0.6 is 24.0 Å². The molecule has 1 rings (SSSR count). The van der Waals surface area contributed by atoms with Crippen LogP contribution in [-0.4, -0.2) is 33.8 Å². The molecule has 0 aliphatic carbocycles. The lowest BCUT2D eigenvalue weighted by Crippen LogP contribution is -2.42. The van der Waals surface area contributed by atoms with E-state index in [0.717, 1.165) is 11.8 Å².